The Morgan fingerprint density at radius 2 is 2.05 bits per heavy atom. The zero-order valence-corrected chi connectivity index (χ0v) is 12.5. The molecule has 1 aliphatic carbocycles. The molecule has 0 aromatic carbocycles. The number of nitrogens with zero attached hydrogens (tertiary/aromatic N) is 2. The summed E-state index contributed by atoms with van der Waals surface area (Å²) in [5, 5.41) is 3.43. The van der Waals surface area contributed by atoms with Gasteiger partial charge in [0.25, 0.3) is 0 Å². The number of anilines is 1. The molecule has 0 saturated heterocycles. The molecule has 1 saturated carbocycles. The van der Waals surface area contributed by atoms with E-state index < -0.39 is 0 Å². The van der Waals surface area contributed by atoms with Gasteiger partial charge in [0, 0.05) is 17.5 Å². The first-order valence-electron chi connectivity index (χ1n) is 7.28. The maximum absolute atomic E-state index is 5.73. The first-order valence-corrected chi connectivity index (χ1v) is 7.28. The number of unbranched alkanes of at least 4 members (excludes halogenated alkanes) is 1. The maximum atomic E-state index is 5.73. The van der Waals surface area contributed by atoms with E-state index in [1.165, 1.54) is 12.8 Å². The van der Waals surface area contributed by atoms with E-state index in [-0.39, 0.29) is 5.41 Å². The van der Waals surface area contributed by atoms with Crippen LogP contribution in [0.1, 0.15) is 59.2 Å². The molecule has 106 valence electrons. The molecule has 0 aliphatic heterocycles. The average Bonchev–Trinajstić information content (AvgIpc) is 3.12. The van der Waals surface area contributed by atoms with Crippen LogP contribution in [0, 0.1) is 0 Å². The van der Waals surface area contributed by atoms with Crippen molar-refractivity contribution in [2.45, 2.75) is 64.8 Å². The zero-order chi connectivity index (χ0) is 13.9. The van der Waals surface area contributed by atoms with E-state index in [0.717, 1.165) is 31.1 Å². The first kappa shape index (κ1) is 14.1. The van der Waals surface area contributed by atoms with E-state index in [9.17, 15) is 0 Å². The van der Waals surface area contributed by atoms with Crippen LogP contribution in [0.25, 0.3) is 0 Å². The molecule has 0 unspecified atom stereocenters. The highest BCUT2D eigenvalue weighted by atomic mass is 16.5. The molecule has 1 N–H and O–H groups in total. The summed E-state index contributed by atoms with van der Waals surface area (Å²) in [6.45, 7) is 9.25. The van der Waals surface area contributed by atoms with Crippen LogP contribution in [0.2, 0.25) is 0 Å². The Morgan fingerprint density at radius 1 is 1.32 bits per heavy atom. The molecule has 19 heavy (non-hydrogen) atoms. The predicted octanol–water partition coefficient (Wildman–Crippen LogP) is 3.53. The second-order valence-corrected chi connectivity index (χ2v) is 6.29. The number of nitrogens with one attached hydrogen (secondary N) is 1. The zero-order valence-electron chi connectivity index (χ0n) is 12.5. The van der Waals surface area contributed by atoms with Crippen molar-refractivity contribution in [3.05, 3.63) is 11.9 Å². The second kappa shape index (κ2) is 5.76. The Labute approximate surface area is 116 Å². The van der Waals surface area contributed by atoms with E-state index in [4.69, 9.17) is 4.74 Å². The highest BCUT2D eigenvalue weighted by Gasteiger charge is 2.24. The van der Waals surface area contributed by atoms with Gasteiger partial charge in [-0.05, 0) is 19.3 Å². The van der Waals surface area contributed by atoms with Crippen LogP contribution in [-0.4, -0.2) is 22.6 Å². The molecular weight excluding hydrogens is 238 g/mol. The number of aromatic nitrogens is 2. The largest absolute Gasteiger partial charge is 0.478 e. The molecule has 2 rings (SSSR count). The van der Waals surface area contributed by atoms with Gasteiger partial charge in [-0.25, -0.2) is 4.98 Å². The normalized spacial score (nSPS) is 15.4. The Kier molecular flexibility index (Phi) is 4.27. The fraction of sp³-hybridized carbons (Fsp3) is 0.733. The van der Waals surface area contributed by atoms with Gasteiger partial charge in [-0.15, -0.1) is 0 Å². The summed E-state index contributed by atoms with van der Waals surface area (Å²) in [6.07, 6.45) is 4.66. The van der Waals surface area contributed by atoms with Crippen LogP contribution in [0.3, 0.4) is 0 Å². The van der Waals surface area contributed by atoms with Crippen LogP contribution >= 0.6 is 0 Å². The maximum Gasteiger partial charge on any atom is 0.218 e. The molecular formula is C15H25N3O. The van der Waals surface area contributed by atoms with Crippen molar-refractivity contribution in [2.24, 2.45) is 0 Å². The van der Waals surface area contributed by atoms with Crippen molar-refractivity contribution < 1.29 is 4.74 Å². The lowest BCUT2D eigenvalue weighted by atomic mass is 9.96. The topological polar surface area (TPSA) is 47.0 Å². The SMILES string of the molecule is CCCCOc1cc(NC2CC2)nc(C(C)(C)C)n1. The minimum absolute atomic E-state index is 0.0654. The van der Waals surface area contributed by atoms with Crippen LogP contribution in [0.15, 0.2) is 6.07 Å². The average molecular weight is 263 g/mol. The Hall–Kier alpha value is -1.32. The Morgan fingerprint density at radius 3 is 2.63 bits per heavy atom. The summed E-state index contributed by atoms with van der Waals surface area (Å²) in [4.78, 5) is 9.14. The third-order valence-corrected chi connectivity index (χ3v) is 3.05. The first-order chi connectivity index (χ1) is 8.99. The minimum atomic E-state index is -0.0654. The predicted molar refractivity (Wildman–Crippen MR) is 77.8 cm³/mol. The van der Waals surface area contributed by atoms with Crippen molar-refractivity contribution in [1.29, 1.82) is 0 Å². The van der Waals surface area contributed by atoms with Gasteiger partial charge in [0.05, 0.1) is 6.61 Å². The van der Waals surface area contributed by atoms with Crippen LogP contribution < -0.4 is 10.1 Å². The second-order valence-electron chi connectivity index (χ2n) is 6.29. The van der Waals surface area contributed by atoms with Crippen LogP contribution in [-0.2, 0) is 5.41 Å². The van der Waals surface area contributed by atoms with Crippen molar-refractivity contribution in [1.82, 2.24) is 9.97 Å². The summed E-state index contributed by atoms with van der Waals surface area (Å²) < 4.78 is 5.73. The highest BCUT2D eigenvalue weighted by Crippen LogP contribution is 2.27. The molecule has 1 aromatic rings. The van der Waals surface area contributed by atoms with Crippen LogP contribution in [0.4, 0.5) is 5.82 Å². The molecule has 1 aliphatic rings. The quantitative estimate of drug-likeness (QED) is 0.798. The van der Waals surface area contributed by atoms with Gasteiger partial charge in [-0.3, -0.25) is 0 Å². The van der Waals surface area contributed by atoms with E-state index in [1.807, 2.05) is 6.07 Å². The summed E-state index contributed by atoms with van der Waals surface area (Å²) >= 11 is 0. The van der Waals surface area contributed by atoms with E-state index >= 15 is 0 Å². The number of hydrogen-bond acceptors (Lipinski definition) is 4. The van der Waals surface area contributed by atoms with Crippen molar-refractivity contribution in [3.8, 4) is 5.88 Å². The lowest BCUT2D eigenvalue weighted by molar-refractivity contribution is 0.294. The smallest absolute Gasteiger partial charge is 0.218 e. The lowest BCUT2D eigenvalue weighted by Gasteiger charge is -2.19. The molecule has 1 heterocycles. The van der Waals surface area contributed by atoms with Crippen molar-refractivity contribution in [2.75, 3.05) is 11.9 Å². The molecule has 0 bridgehead atoms. The van der Waals surface area contributed by atoms with Gasteiger partial charge in [-0.2, -0.15) is 4.98 Å². The van der Waals surface area contributed by atoms with Crippen molar-refractivity contribution >= 4 is 5.82 Å². The van der Waals surface area contributed by atoms with Gasteiger partial charge in [-0.1, -0.05) is 34.1 Å². The summed E-state index contributed by atoms with van der Waals surface area (Å²) in [5.41, 5.74) is -0.0654. The summed E-state index contributed by atoms with van der Waals surface area (Å²) in [7, 11) is 0. The van der Waals surface area contributed by atoms with E-state index in [1.54, 1.807) is 0 Å². The summed E-state index contributed by atoms with van der Waals surface area (Å²) in [6, 6.07) is 2.51. The fourth-order valence-electron chi connectivity index (χ4n) is 1.67. The van der Waals surface area contributed by atoms with Gasteiger partial charge in [0.1, 0.15) is 11.6 Å². The minimum Gasteiger partial charge on any atom is -0.478 e. The monoisotopic (exact) mass is 263 g/mol. The third kappa shape index (κ3) is 4.37. The molecule has 1 aromatic heterocycles. The molecule has 0 amide bonds. The van der Waals surface area contributed by atoms with Gasteiger partial charge in [0.2, 0.25) is 5.88 Å². The molecule has 0 radical (unpaired) electrons. The molecule has 0 atom stereocenters. The van der Waals surface area contributed by atoms with E-state index in [2.05, 4.69) is 43.0 Å². The van der Waals surface area contributed by atoms with Crippen molar-refractivity contribution in [3.63, 3.8) is 0 Å². The van der Waals surface area contributed by atoms with Crippen LogP contribution in [0.5, 0.6) is 5.88 Å². The third-order valence-electron chi connectivity index (χ3n) is 3.05. The number of ether oxygens (including phenoxy) is 1. The molecule has 4 heteroatoms. The number of hydrogen-bond donors (Lipinski definition) is 1. The Balaban J connectivity index is 2.15. The Bertz CT molecular complexity index is 422. The molecule has 0 spiro atoms. The number of rotatable bonds is 6. The fourth-order valence-corrected chi connectivity index (χ4v) is 1.67. The molecule has 1 fully saturated rings. The molecule has 4 nitrogen and oxygen atoms in total. The summed E-state index contributed by atoms with van der Waals surface area (Å²) in [5.74, 6) is 2.43. The van der Waals surface area contributed by atoms with E-state index in [0.29, 0.717) is 11.9 Å². The standard InChI is InChI=1S/C15H25N3O/c1-5-6-9-19-13-10-12(16-11-7-8-11)17-14(18-13)15(2,3)4/h10-11H,5-9H2,1-4H3,(H,16,17,18). The van der Waals surface area contributed by atoms with Gasteiger partial charge < -0.3 is 10.1 Å². The highest BCUT2D eigenvalue weighted by molar-refractivity contribution is 5.41. The lowest BCUT2D eigenvalue weighted by Crippen LogP contribution is -2.18. The van der Waals surface area contributed by atoms with Gasteiger partial charge in [0.15, 0.2) is 0 Å². The van der Waals surface area contributed by atoms with Gasteiger partial charge >= 0.3 is 0 Å².